The van der Waals surface area contributed by atoms with Crippen molar-refractivity contribution in [1.82, 2.24) is 25.1 Å². The van der Waals surface area contributed by atoms with E-state index in [0.29, 0.717) is 12.0 Å². The topological polar surface area (TPSA) is 55.6 Å². The highest BCUT2D eigenvalue weighted by Crippen LogP contribution is 2.20. The summed E-state index contributed by atoms with van der Waals surface area (Å²) in [6.45, 7) is 7.15. The SMILES string of the molecule is CCc1cc(CC)n(-c2ncc(CNC3CC3)c(C)n2)n1. The third kappa shape index (κ3) is 3.13. The number of rotatable bonds is 6. The van der Waals surface area contributed by atoms with Crippen molar-refractivity contribution in [3.63, 3.8) is 0 Å². The first-order chi connectivity index (χ1) is 10.2. The fourth-order valence-corrected chi connectivity index (χ4v) is 2.37. The van der Waals surface area contributed by atoms with Gasteiger partial charge in [0, 0.05) is 35.7 Å². The maximum Gasteiger partial charge on any atom is 0.250 e. The normalized spacial score (nSPS) is 14.6. The average Bonchev–Trinajstić information content (AvgIpc) is 3.23. The Hall–Kier alpha value is -1.75. The first kappa shape index (κ1) is 14.2. The molecule has 2 heterocycles. The molecule has 0 aromatic carbocycles. The van der Waals surface area contributed by atoms with Crippen LogP contribution < -0.4 is 5.32 Å². The molecule has 0 aliphatic heterocycles. The van der Waals surface area contributed by atoms with Crippen molar-refractivity contribution in [2.75, 3.05) is 0 Å². The molecule has 0 atom stereocenters. The van der Waals surface area contributed by atoms with E-state index in [1.165, 1.54) is 18.4 Å². The molecule has 112 valence electrons. The molecule has 1 fully saturated rings. The van der Waals surface area contributed by atoms with Gasteiger partial charge in [0.2, 0.25) is 0 Å². The van der Waals surface area contributed by atoms with E-state index in [1.807, 2.05) is 17.8 Å². The minimum Gasteiger partial charge on any atom is -0.310 e. The molecule has 0 radical (unpaired) electrons. The lowest BCUT2D eigenvalue weighted by Gasteiger charge is -2.09. The third-order valence-corrected chi connectivity index (χ3v) is 3.97. The first-order valence-corrected chi connectivity index (χ1v) is 7.85. The van der Waals surface area contributed by atoms with Gasteiger partial charge in [-0.1, -0.05) is 13.8 Å². The second-order valence-corrected chi connectivity index (χ2v) is 5.68. The van der Waals surface area contributed by atoms with E-state index < -0.39 is 0 Å². The van der Waals surface area contributed by atoms with Crippen LogP contribution in [0, 0.1) is 6.92 Å². The van der Waals surface area contributed by atoms with Gasteiger partial charge in [-0.05, 0) is 38.7 Å². The molecule has 1 saturated carbocycles. The van der Waals surface area contributed by atoms with Crippen molar-refractivity contribution < 1.29 is 0 Å². The molecule has 21 heavy (non-hydrogen) atoms. The van der Waals surface area contributed by atoms with E-state index in [4.69, 9.17) is 0 Å². The summed E-state index contributed by atoms with van der Waals surface area (Å²) in [5, 5.41) is 8.11. The molecule has 1 N–H and O–H groups in total. The summed E-state index contributed by atoms with van der Waals surface area (Å²) >= 11 is 0. The van der Waals surface area contributed by atoms with Crippen molar-refractivity contribution in [3.8, 4) is 5.95 Å². The van der Waals surface area contributed by atoms with Gasteiger partial charge in [0.25, 0.3) is 5.95 Å². The maximum atomic E-state index is 4.65. The Morgan fingerprint density at radius 3 is 2.71 bits per heavy atom. The summed E-state index contributed by atoms with van der Waals surface area (Å²) in [4.78, 5) is 9.16. The molecule has 2 aromatic heterocycles. The van der Waals surface area contributed by atoms with E-state index in [2.05, 4.69) is 40.3 Å². The van der Waals surface area contributed by atoms with Crippen molar-refractivity contribution in [3.05, 3.63) is 34.9 Å². The number of aromatic nitrogens is 4. The Balaban J connectivity index is 1.84. The molecule has 3 rings (SSSR count). The zero-order chi connectivity index (χ0) is 14.8. The van der Waals surface area contributed by atoms with Gasteiger partial charge in [-0.2, -0.15) is 5.10 Å². The minimum atomic E-state index is 0.680. The molecule has 5 nitrogen and oxygen atoms in total. The highest BCUT2D eigenvalue weighted by atomic mass is 15.4. The molecule has 0 unspecified atom stereocenters. The smallest absolute Gasteiger partial charge is 0.250 e. The lowest BCUT2D eigenvalue weighted by molar-refractivity contribution is 0.673. The van der Waals surface area contributed by atoms with Crippen molar-refractivity contribution in [2.24, 2.45) is 0 Å². The molecule has 1 aliphatic carbocycles. The van der Waals surface area contributed by atoms with Crippen LogP contribution in [0.25, 0.3) is 5.95 Å². The lowest BCUT2D eigenvalue weighted by Crippen LogP contribution is -2.17. The number of hydrogen-bond donors (Lipinski definition) is 1. The molecule has 0 spiro atoms. The number of nitrogens with zero attached hydrogens (tertiary/aromatic N) is 4. The van der Waals surface area contributed by atoms with E-state index in [1.54, 1.807) is 0 Å². The van der Waals surface area contributed by atoms with Crippen LogP contribution in [0.1, 0.15) is 49.3 Å². The fourth-order valence-electron chi connectivity index (χ4n) is 2.37. The Kier molecular flexibility index (Phi) is 4.01. The molecule has 0 bridgehead atoms. The molecule has 0 saturated heterocycles. The summed E-state index contributed by atoms with van der Waals surface area (Å²) in [6.07, 6.45) is 6.39. The second-order valence-electron chi connectivity index (χ2n) is 5.68. The number of aryl methyl sites for hydroxylation is 3. The van der Waals surface area contributed by atoms with Gasteiger partial charge in [-0.3, -0.25) is 0 Å². The molecule has 5 heteroatoms. The Labute approximate surface area is 125 Å². The predicted molar refractivity (Wildman–Crippen MR) is 82.5 cm³/mol. The van der Waals surface area contributed by atoms with Crippen LogP contribution in [-0.4, -0.2) is 25.8 Å². The van der Waals surface area contributed by atoms with Gasteiger partial charge >= 0.3 is 0 Å². The molecular formula is C16H23N5. The molecular weight excluding hydrogens is 262 g/mol. The monoisotopic (exact) mass is 285 g/mol. The van der Waals surface area contributed by atoms with Crippen LogP contribution in [0.3, 0.4) is 0 Å². The summed E-state index contributed by atoms with van der Waals surface area (Å²) < 4.78 is 1.88. The Bertz CT molecular complexity index is 628. The van der Waals surface area contributed by atoms with E-state index in [-0.39, 0.29) is 0 Å². The van der Waals surface area contributed by atoms with Crippen molar-refractivity contribution >= 4 is 0 Å². The first-order valence-electron chi connectivity index (χ1n) is 7.85. The number of hydrogen-bond acceptors (Lipinski definition) is 4. The summed E-state index contributed by atoms with van der Waals surface area (Å²) in [6, 6.07) is 2.84. The fraction of sp³-hybridized carbons (Fsp3) is 0.562. The van der Waals surface area contributed by atoms with E-state index in [0.717, 1.165) is 36.5 Å². The largest absolute Gasteiger partial charge is 0.310 e. The van der Waals surface area contributed by atoms with Gasteiger partial charge in [0.1, 0.15) is 0 Å². The highest BCUT2D eigenvalue weighted by molar-refractivity contribution is 5.25. The predicted octanol–water partition coefficient (Wildman–Crippen LogP) is 2.35. The maximum absolute atomic E-state index is 4.65. The second kappa shape index (κ2) is 5.93. The zero-order valence-corrected chi connectivity index (χ0v) is 13.1. The van der Waals surface area contributed by atoms with Gasteiger partial charge in [-0.15, -0.1) is 0 Å². The third-order valence-electron chi connectivity index (χ3n) is 3.97. The van der Waals surface area contributed by atoms with E-state index >= 15 is 0 Å². The molecule has 2 aromatic rings. The lowest BCUT2D eigenvalue weighted by atomic mass is 10.2. The minimum absolute atomic E-state index is 0.680. The van der Waals surface area contributed by atoms with Crippen LogP contribution in [0.2, 0.25) is 0 Å². The van der Waals surface area contributed by atoms with Crippen LogP contribution in [0.15, 0.2) is 12.3 Å². The van der Waals surface area contributed by atoms with Gasteiger partial charge in [0.15, 0.2) is 0 Å². The van der Waals surface area contributed by atoms with Crippen LogP contribution in [0.5, 0.6) is 0 Å². The zero-order valence-electron chi connectivity index (χ0n) is 13.1. The summed E-state index contributed by atoms with van der Waals surface area (Å²) in [5.74, 6) is 0.680. The van der Waals surface area contributed by atoms with Crippen molar-refractivity contribution in [1.29, 1.82) is 0 Å². The summed E-state index contributed by atoms with van der Waals surface area (Å²) in [7, 11) is 0. The molecule has 0 amide bonds. The highest BCUT2D eigenvalue weighted by Gasteiger charge is 2.20. The quantitative estimate of drug-likeness (QED) is 0.885. The van der Waals surface area contributed by atoms with E-state index in [9.17, 15) is 0 Å². The van der Waals surface area contributed by atoms with Crippen molar-refractivity contribution in [2.45, 2.75) is 59.0 Å². The number of nitrogens with one attached hydrogen (secondary N) is 1. The standard InChI is InChI=1S/C16H23N5/c1-4-13-8-15(5-2)21(20-13)16-18-10-12(11(3)19-16)9-17-14-6-7-14/h8,10,14,17H,4-7,9H2,1-3H3. The van der Waals surface area contributed by atoms with Crippen LogP contribution in [0.4, 0.5) is 0 Å². The Morgan fingerprint density at radius 1 is 1.29 bits per heavy atom. The average molecular weight is 285 g/mol. The van der Waals surface area contributed by atoms with Gasteiger partial charge < -0.3 is 5.32 Å². The van der Waals surface area contributed by atoms with Gasteiger partial charge in [0.05, 0.1) is 5.69 Å². The summed E-state index contributed by atoms with van der Waals surface area (Å²) in [5.41, 5.74) is 4.46. The Morgan fingerprint density at radius 2 is 2.10 bits per heavy atom. The molecule has 1 aliphatic rings. The van der Waals surface area contributed by atoms with Crippen LogP contribution in [-0.2, 0) is 19.4 Å². The van der Waals surface area contributed by atoms with Gasteiger partial charge in [-0.25, -0.2) is 14.6 Å². The van der Waals surface area contributed by atoms with Crippen LogP contribution >= 0.6 is 0 Å².